The normalized spacial score (nSPS) is 35.3. The summed E-state index contributed by atoms with van der Waals surface area (Å²) in [5.74, 6) is 1.28. The van der Waals surface area contributed by atoms with Gasteiger partial charge in [-0.25, -0.2) is 0 Å². The van der Waals surface area contributed by atoms with Crippen LogP contribution in [0.1, 0.15) is 92.9 Å². The highest BCUT2D eigenvalue weighted by Gasteiger charge is 2.56. The summed E-state index contributed by atoms with van der Waals surface area (Å²) in [6.45, 7) is 16.3. The fraction of sp³-hybridized carbons (Fsp3) is 0.955. The van der Waals surface area contributed by atoms with Crippen molar-refractivity contribution >= 4 is 5.91 Å². The summed E-state index contributed by atoms with van der Waals surface area (Å²) in [7, 11) is 0. The molecule has 0 spiro atoms. The monoisotopic (exact) mass is 333 g/mol. The molecule has 3 aliphatic carbocycles. The Morgan fingerprint density at radius 1 is 0.833 bits per heavy atom. The molecule has 1 amide bonds. The minimum Gasteiger partial charge on any atom is -0.342 e. The highest BCUT2D eigenvalue weighted by atomic mass is 16.2. The Morgan fingerprint density at radius 2 is 1.29 bits per heavy atom. The van der Waals surface area contributed by atoms with Crippen molar-refractivity contribution in [2.24, 2.45) is 27.6 Å². The van der Waals surface area contributed by atoms with Gasteiger partial charge in [0.15, 0.2) is 0 Å². The van der Waals surface area contributed by atoms with E-state index in [-0.39, 0.29) is 5.41 Å². The standard InChI is InChI=1S/C22H39NO/c1-19(2,3)17-7-15-23(16-8-17)18(24)21-9-12-22(13-10-21,14-11-21)20(4,5)6/h17H,7-16H2,1-6H3. The third kappa shape index (κ3) is 2.92. The lowest BCUT2D eigenvalue weighted by atomic mass is 9.46. The number of hydrogen-bond acceptors (Lipinski definition) is 1. The Kier molecular flexibility index (Phi) is 4.37. The van der Waals surface area contributed by atoms with Crippen LogP contribution in [0.25, 0.3) is 0 Å². The van der Waals surface area contributed by atoms with Gasteiger partial charge in [-0.2, -0.15) is 0 Å². The van der Waals surface area contributed by atoms with Crippen molar-refractivity contribution in [2.45, 2.75) is 92.9 Å². The highest BCUT2D eigenvalue weighted by molar-refractivity contribution is 5.83. The summed E-state index contributed by atoms with van der Waals surface area (Å²) in [4.78, 5) is 15.6. The first-order valence-corrected chi connectivity index (χ1v) is 10.3. The Hall–Kier alpha value is -0.530. The second-order valence-electron chi connectivity index (χ2n) is 11.2. The predicted molar refractivity (Wildman–Crippen MR) is 101 cm³/mol. The molecule has 24 heavy (non-hydrogen) atoms. The number of hydrogen-bond donors (Lipinski definition) is 0. The maximum absolute atomic E-state index is 13.4. The molecule has 4 aliphatic rings. The molecule has 1 heterocycles. The van der Waals surface area contributed by atoms with E-state index in [2.05, 4.69) is 46.4 Å². The highest BCUT2D eigenvalue weighted by Crippen LogP contribution is 2.63. The van der Waals surface area contributed by atoms with Crippen molar-refractivity contribution in [1.82, 2.24) is 4.90 Å². The second-order valence-corrected chi connectivity index (χ2v) is 11.2. The van der Waals surface area contributed by atoms with Gasteiger partial charge in [0.25, 0.3) is 0 Å². The molecule has 0 aromatic heterocycles. The zero-order valence-corrected chi connectivity index (χ0v) is 17.0. The number of carbonyl (C=O) groups is 1. The molecule has 0 radical (unpaired) electrons. The zero-order chi connectivity index (χ0) is 17.8. The summed E-state index contributed by atoms with van der Waals surface area (Å²) in [6.07, 6.45) is 9.60. The van der Waals surface area contributed by atoms with Crippen LogP contribution in [0.2, 0.25) is 0 Å². The lowest BCUT2D eigenvalue weighted by Gasteiger charge is -2.59. The lowest BCUT2D eigenvalue weighted by molar-refractivity contribution is -0.159. The van der Waals surface area contributed by atoms with Gasteiger partial charge in [0.2, 0.25) is 5.91 Å². The molecule has 0 aromatic carbocycles. The molecule has 0 N–H and O–H groups in total. The van der Waals surface area contributed by atoms with Crippen LogP contribution >= 0.6 is 0 Å². The summed E-state index contributed by atoms with van der Waals surface area (Å²) in [6, 6.07) is 0. The van der Waals surface area contributed by atoms with Gasteiger partial charge in [-0.05, 0) is 73.5 Å². The number of carbonyl (C=O) groups excluding carboxylic acids is 1. The fourth-order valence-corrected chi connectivity index (χ4v) is 5.92. The van der Waals surface area contributed by atoms with Gasteiger partial charge in [0.05, 0.1) is 0 Å². The molecule has 2 bridgehead atoms. The minimum atomic E-state index is 0.00156. The Morgan fingerprint density at radius 3 is 1.67 bits per heavy atom. The molecule has 0 unspecified atom stereocenters. The van der Waals surface area contributed by atoms with E-state index in [1.54, 1.807) is 0 Å². The first-order valence-electron chi connectivity index (χ1n) is 10.3. The zero-order valence-electron chi connectivity index (χ0n) is 17.0. The molecule has 0 atom stereocenters. The second kappa shape index (κ2) is 5.74. The van der Waals surface area contributed by atoms with E-state index in [0.29, 0.717) is 22.2 Å². The van der Waals surface area contributed by atoms with Crippen molar-refractivity contribution in [3.63, 3.8) is 0 Å². The summed E-state index contributed by atoms with van der Waals surface area (Å²) < 4.78 is 0. The molecule has 4 fully saturated rings. The van der Waals surface area contributed by atoms with Crippen LogP contribution in [-0.2, 0) is 4.79 Å². The first-order chi connectivity index (χ1) is 11.0. The van der Waals surface area contributed by atoms with Gasteiger partial charge >= 0.3 is 0 Å². The molecule has 1 saturated heterocycles. The molecule has 2 nitrogen and oxygen atoms in total. The number of amides is 1. The maximum atomic E-state index is 13.4. The largest absolute Gasteiger partial charge is 0.342 e. The number of likely N-dealkylation sites (tertiary alicyclic amines) is 1. The van der Waals surface area contributed by atoms with Crippen molar-refractivity contribution in [1.29, 1.82) is 0 Å². The van der Waals surface area contributed by atoms with Crippen LogP contribution < -0.4 is 0 Å². The third-order valence-corrected chi connectivity index (χ3v) is 8.30. The minimum absolute atomic E-state index is 0.00156. The number of rotatable bonds is 1. The lowest BCUT2D eigenvalue weighted by Crippen LogP contribution is -2.55. The van der Waals surface area contributed by atoms with Gasteiger partial charge < -0.3 is 4.90 Å². The van der Waals surface area contributed by atoms with E-state index >= 15 is 0 Å². The van der Waals surface area contributed by atoms with E-state index in [1.807, 2.05) is 0 Å². The van der Waals surface area contributed by atoms with Gasteiger partial charge in [-0.3, -0.25) is 4.79 Å². The number of fused-ring (bicyclic) bond motifs is 3. The van der Waals surface area contributed by atoms with Gasteiger partial charge in [-0.1, -0.05) is 41.5 Å². The van der Waals surface area contributed by atoms with Crippen LogP contribution in [0.5, 0.6) is 0 Å². The van der Waals surface area contributed by atoms with E-state index in [4.69, 9.17) is 0 Å². The predicted octanol–water partition coefficient (Wildman–Crippen LogP) is 5.66. The van der Waals surface area contributed by atoms with Gasteiger partial charge in [0, 0.05) is 18.5 Å². The van der Waals surface area contributed by atoms with E-state index in [1.165, 1.54) is 32.1 Å². The molecule has 4 rings (SSSR count). The Labute approximate surface area is 149 Å². The van der Waals surface area contributed by atoms with Crippen LogP contribution in [-0.4, -0.2) is 23.9 Å². The van der Waals surface area contributed by atoms with Crippen molar-refractivity contribution < 1.29 is 4.79 Å². The third-order valence-electron chi connectivity index (χ3n) is 8.30. The molecule has 2 heteroatoms. The van der Waals surface area contributed by atoms with Crippen molar-refractivity contribution in [3.05, 3.63) is 0 Å². The average Bonchev–Trinajstić information content (AvgIpc) is 2.54. The van der Waals surface area contributed by atoms with Crippen LogP contribution in [0.15, 0.2) is 0 Å². The van der Waals surface area contributed by atoms with Crippen molar-refractivity contribution in [3.8, 4) is 0 Å². The summed E-state index contributed by atoms with van der Waals surface area (Å²) in [5.41, 5.74) is 1.26. The van der Waals surface area contributed by atoms with Crippen molar-refractivity contribution in [2.75, 3.05) is 13.1 Å². The molecule has 0 aromatic rings. The topological polar surface area (TPSA) is 20.3 Å². The first kappa shape index (κ1) is 18.3. The van der Waals surface area contributed by atoms with Gasteiger partial charge in [-0.15, -0.1) is 0 Å². The molecular weight excluding hydrogens is 294 g/mol. The molecule has 1 aliphatic heterocycles. The smallest absolute Gasteiger partial charge is 0.228 e. The molecule has 3 saturated carbocycles. The van der Waals surface area contributed by atoms with Crippen LogP contribution in [0, 0.1) is 27.6 Å². The van der Waals surface area contributed by atoms with Gasteiger partial charge in [0.1, 0.15) is 0 Å². The Balaban J connectivity index is 1.64. The van der Waals surface area contributed by atoms with E-state index in [9.17, 15) is 4.79 Å². The SMILES string of the molecule is CC(C)(C)C1CCN(C(=O)C23CCC(C(C)(C)C)(CC2)CC3)CC1. The van der Waals surface area contributed by atoms with Crippen LogP contribution in [0.4, 0.5) is 0 Å². The average molecular weight is 334 g/mol. The number of piperidine rings is 1. The number of nitrogens with zero attached hydrogens (tertiary/aromatic N) is 1. The maximum Gasteiger partial charge on any atom is 0.228 e. The van der Waals surface area contributed by atoms with E-state index in [0.717, 1.165) is 38.3 Å². The molecular formula is C22H39NO. The fourth-order valence-electron chi connectivity index (χ4n) is 5.92. The summed E-state index contributed by atoms with van der Waals surface area (Å²) >= 11 is 0. The quantitative estimate of drug-likeness (QED) is 0.606. The summed E-state index contributed by atoms with van der Waals surface area (Å²) in [5, 5.41) is 0. The Bertz CT molecular complexity index is 461. The van der Waals surface area contributed by atoms with Crippen LogP contribution in [0.3, 0.4) is 0 Å². The van der Waals surface area contributed by atoms with E-state index < -0.39 is 0 Å². The molecule has 138 valence electrons.